The first-order valence-corrected chi connectivity index (χ1v) is 5.18. The van der Waals surface area contributed by atoms with Gasteiger partial charge < -0.3 is 14.3 Å². The lowest BCUT2D eigenvalue weighted by molar-refractivity contribution is -0.107. The Bertz CT molecular complexity index is 432. The molecule has 0 amide bonds. The van der Waals surface area contributed by atoms with Crippen molar-refractivity contribution in [2.45, 2.75) is 19.5 Å². The number of carbonyl (C=O) groups excluding carboxylic acids is 2. The highest BCUT2D eigenvalue weighted by atomic mass is 19.3. The van der Waals surface area contributed by atoms with Gasteiger partial charge in [0, 0.05) is 6.42 Å². The number of aldehydes is 1. The SMILES string of the molecule is COC(=O)c1ccc(OC(F)F)cc1CCC=O. The van der Waals surface area contributed by atoms with Crippen LogP contribution in [0.1, 0.15) is 22.3 Å². The first-order chi connectivity index (χ1) is 8.58. The van der Waals surface area contributed by atoms with Gasteiger partial charge in [-0.1, -0.05) is 0 Å². The number of esters is 1. The van der Waals surface area contributed by atoms with Crippen molar-refractivity contribution in [2.75, 3.05) is 7.11 Å². The summed E-state index contributed by atoms with van der Waals surface area (Å²) < 4.78 is 32.9. The van der Waals surface area contributed by atoms with Gasteiger partial charge in [-0.2, -0.15) is 8.78 Å². The third-order valence-corrected chi connectivity index (χ3v) is 2.24. The van der Waals surface area contributed by atoms with Gasteiger partial charge in [-0.05, 0) is 30.2 Å². The number of methoxy groups -OCH3 is 1. The highest BCUT2D eigenvalue weighted by molar-refractivity contribution is 5.91. The maximum Gasteiger partial charge on any atom is 0.387 e. The Morgan fingerprint density at radius 2 is 2.17 bits per heavy atom. The first-order valence-electron chi connectivity index (χ1n) is 5.18. The zero-order valence-corrected chi connectivity index (χ0v) is 9.69. The average molecular weight is 258 g/mol. The molecule has 0 unspecified atom stereocenters. The Balaban J connectivity index is 3.03. The fraction of sp³-hybridized carbons (Fsp3) is 0.333. The molecule has 0 aliphatic rings. The molecule has 0 radical (unpaired) electrons. The van der Waals surface area contributed by atoms with E-state index in [2.05, 4.69) is 9.47 Å². The average Bonchev–Trinajstić information content (AvgIpc) is 2.35. The van der Waals surface area contributed by atoms with Crippen LogP contribution in [0.2, 0.25) is 0 Å². The van der Waals surface area contributed by atoms with Gasteiger partial charge in [0.25, 0.3) is 0 Å². The number of aryl methyl sites for hydroxylation is 1. The van der Waals surface area contributed by atoms with Gasteiger partial charge in [0.1, 0.15) is 12.0 Å². The van der Waals surface area contributed by atoms with E-state index in [0.717, 1.165) is 0 Å². The molecule has 6 heteroatoms. The molecule has 18 heavy (non-hydrogen) atoms. The van der Waals surface area contributed by atoms with Crippen molar-refractivity contribution in [1.29, 1.82) is 0 Å². The molecule has 0 aromatic heterocycles. The monoisotopic (exact) mass is 258 g/mol. The number of hydrogen-bond acceptors (Lipinski definition) is 4. The van der Waals surface area contributed by atoms with Crippen molar-refractivity contribution in [2.24, 2.45) is 0 Å². The topological polar surface area (TPSA) is 52.6 Å². The molecule has 0 saturated heterocycles. The molecule has 0 fully saturated rings. The molecule has 0 bridgehead atoms. The molecule has 1 aromatic carbocycles. The molecular weight excluding hydrogens is 246 g/mol. The molecule has 4 nitrogen and oxygen atoms in total. The van der Waals surface area contributed by atoms with Gasteiger partial charge in [0.15, 0.2) is 0 Å². The van der Waals surface area contributed by atoms with Crippen molar-refractivity contribution in [3.8, 4) is 5.75 Å². The molecule has 0 heterocycles. The standard InChI is InChI=1S/C12H12F2O4/c1-17-11(16)10-5-4-9(18-12(13)14)7-8(10)3-2-6-15/h4-7,12H,2-3H2,1H3. The lowest BCUT2D eigenvalue weighted by atomic mass is 10.0. The number of benzene rings is 1. The van der Waals surface area contributed by atoms with E-state index >= 15 is 0 Å². The molecule has 98 valence electrons. The van der Waals surface area contributed by atoms with Crippen LogP contribution in [0.25, 0.3) is 0 Å². The van der Waals surface area contributed by atoms with Crippen molar-refractivity contribution >= 4 is 12.3 Å². The lowest BCUT2D eigenvalue weighted by Gasteiger charge is -2.10. The molecule has 0 aliphatic heterocycles. The minimum Gasteiger partial charge on any atom is -0.465 e. The number of hydrogen-bond donors (Lipinski definition) is 0. The summed E-state index contributed by atoms with van der Waals surface area (Å²) in [4.78, 5) is 21.8. The van der Waals surface area contributed by atoms with Crippen molar-refractivity contribution in [3.63, 3.8) is 0 Å². The Morgan fingerprint density at radius 3 is 2.72 bits per heavy atom. The summed E-state index contributed by atoms with van der Waals surface area (Å²) in [7, 11) is 1.22. The van der Waals surface area contributed by atoms with Crippen molar-refractivity contribution in [1.82, 2.24) is 0 Å². The summed E-state index contributed by atoms with van der Waals surface area (Å²) in [5, 5.41) is 0. The van der Waals surface area contributed by atoms with Gasteiger partial charge in [-0.25, -0.2) is 4.79 Å². The second-order valence-corrected chi connectivity index (χ2v) is 3.39. The summed E-state index contributed by atoms with van der Waals surface area (Å²) in [6, 6.07) is 3.90. The predicted octanol–water partition coefficient (Wildman–Crippen LogP) is 2.21. The van der Waals surface area contributed by atoms with E-state index < -0.39 is 12.6 Å². The minimum atomic E-state index is -2.94. The zero-order chi connectivity index (χ0) is 13.5. The molecule has 0 saturated carbocycles. The molecule has 0 atom stereocenters. The summed E-state index contributed by atoms with van der Waals surface area (Å²) in [6.07, 6.45) is 1.12. The Kier molecular flexibility index (Phi) is 5.23. The van der Waals surface area contributed by atoms with Crippen LogP contribution < -0.4 is 4.74 Å². The van der Waals surface area contributed by atoms with Gasteiger partial charge in [0.05, 0.1) is 12.7 Å². The van der Waals surface area contributed by atoms with E-state index in [4.69, 9.17) is 0 Å². The van der Waals surface area contributed by atoms with E-state index in [1.54, 1.807) is 0 Å². The highest BCUT2D eigenvalue weighted by Gasteiger charge is 2.14. The Hall–Kier alpha value is -1.98. The largest absolute Gasteiger partial charge is 0.465 e. The molecule has 0 N–H and O–H groups in total. The van der Waals surface area contributed by atoms with Crippen LogP contribution in [-0.2, 0) is 16.0 Å². The second-order valence-electron chi connectivity index (χ2n) is 3.39. The number of carbonyl (C=O) groups is 2. The molecule has 1 aromatic rings. The van der Waals surface area contributed by atoms with Crippen LogP contribution in [-0.4, -0.2) is 26.0 Å². The quantitative estimate of drug-likeness (QED) is 0.580. The third-order valence-electron chi connectivity index (χ3n) is 2.24. The molecular formula is C12H12F2O4. The molecule has 0 aliphatic carbocycles. The van der Waals surface area contributed by atoms with E-state index in [1.807, 2.05) is 0 Å². The second kappa shape index (κ2) is 6.68. The first kappa shape index (κ1) is 14.1. The van der Waals surface area contributed by atoms with Crippen LogP contribution in [0.4, 0.5) is 8.78 Å². The van der Waals surface area contributed by atoms with E-state index in [0.29, 0.717) is 11.8 Å². The Labute approximate surface area is 103 Å². The zero-order valence-electron chi connectivity index (χ0n) is 9.69. The van der Waals surface area contributed by atoms with Crippen LogP contribution >= 0.6 is 0 Å². The smallest absolute Gasteiger partial charge is 0.387 e. The van der Waals surface area contributed by atoms with E-state index in [1.165, 1.54) is 25.3 Å². The molecule has 1 rings (SSSR count). The number of ether oxygens (including phenoxy) is 2. The highest BCUT2D eigenvalue weighted by Crippen LogP contribution is 2.21. The van der Waals surface area contributed by atoms with E-state index in [-0.39, 0.29) is 24.2 Å². The maximum atomic E-state index is 12.1. The minimum absolute atomic E-state index is 0.0569. The van der Waals surface area contributed by atoms with Crippen LogP contribution in [0.15, 0.2) is 18.2 Å². The van der Waals surface area contributed by atoms with Gasteiger partial charge in [-0.15, -0.1) is 0 Å². The third kappa shape index (κ3) is 3.80. The summed E-state index contributed by atoms with van der Waals surface area (Å²) in [5.41, 5.74) is 0.674. The van der Waals surface area contributed by atoms with Crippen LogP contribution in [0.5, 0.6) is 5.75 Å². The normalized spacial score (nSPS) is 10.2. The summed E-state index contributed by atoms with van der Waals surface area (Å²) >= 11 is 0. The van der Waals surface area contributed by atoms with Crippen LogP contribution in [0, 0.1) is 0 Å². The van der Waals surface area contributed by atoms with Gasteiger partial charge >= 0.3 is 12.6 Å². The lowest BCUT2D eigenvalue weighted by Crippen LogP contribution is -2.08. The van der Waals surface area contributed by atoms with Crippen molar-refractivity contribution in [3.05, 3.63) is 29.3 Å². The van der Waals surface area contributed by atoms with E-state index in [9.17, 15) is 18.4 Å². The van der Waals surface area contributed by atoms with Crippen LogP contribution in [0.3, 0.4) is 0 Å². The summed E-state index contributed by atoms with van der Waals surface area (Å²) in [5.74, 6) is -0.641. The predicted molar refractivity (Wildman–Crippen MR) is 58.8 cm³/mol. The van der Waals surface area contributed by atoms with Gasteiger partial charge in [0.2, 0.25) is 0 Å². The number of alkyl halides is 2. The summed E-state index contributed by atoms with van der Waals surface area (Å²) in [6.45, 7) is -2.94. The fourth-order valence-corrected chi connectivity index (χ4v) is 1.48. The van der Waals surface area contributed by atoms with Gasteiger partial charge in [-0.3, -0.25) is 0 Å². The van der Waals surface area contributed by atoms with Crippen molar-refractivity contribution < 1.29 is 27.8 Å². The number of halogens is 2. The Morgan fingerprint density at radius 1 is 1.44 bits per heavy atom. The fourth-order valence-electron chi connectivity index (χ4n) is 1.48. The maximum absolute atomic E-state index is 12.1. The number of rotatable bonds is 6. The molecule has 0 spiro atoms.